The van der Waals surface area contributed by atoms with Crippen molar-refractivity contribution in [1.29, 1.82) is 0 Å². The third-order valence-corrected chi connectivity index (χ3v) is 4.16. The van der Waals surface area contributed by atoms with E-state index in [1.807, 2.05) is 13.8 Å². The normalized spacial score (nSPS) is 15.8. The van der Waals surface area contributed by atoms with E-state index in [0.717, 1.165) is 6.42 Å². The number of rotatable bonds is 12. The van der Waals surface area contributed by atoms with Gasteiger partial charge in [0.05, 0.1) is 19.3 Å². The Morgan fingerprint density at radius 1 is 1.04 bits per heavy atom. The van der Waals surface area contributed by atoms with Gasteiger partial charge in [0.25, 0.3) is 0 Å². The van der Waals surface area contributed by atoms with Crippen LogP contribution >= 0.6 is 0 Å². The molecule has 0 heterocycles. The zero-order valence-corrected chi connectivity index (χ0v) is 14.8. The summed E-state index contributed by atoms with van der Waals surface area (Å²) in [6.07, 6.45) is 8.34. The van der Waals surface area contributed by atoms with E-state index in [9.17, 15) is 9.59 Å². The summed E-state index contributed by atoms with van der Waals surface area (Å²) in [5.41, 5.74) is 0. The lowest BCUT2D eigenvalue weighted by molar-refractivity contribution is -0.124. The van der Waals surface area contributed by atoms with Gasteiger partial charge in [0.1, 0.15) is 5.78 Å². The van der Waals surface area contributed by atoms with Crippen LogP contribution in [0.5, 0.6) is 0 Å². The highest BCUT2D eigenvalue weighted by Crippen LogP contribution is 2.20. The summed E-state index contributed by atoms with van der Waals surface area (Å²) >= 11 is 0. The van der Waals surface area contributed by atoms with Crippen molar-refractivity contribution in [3.8, 4) is 0 Å². The van der Waals surface area contributed by atoms with Crippen LogP contribution in [0.4, 0.5) is 0 Å². The summed E-state index contributed by atoms with van der Waals surface area (Å²) in [6, 6.07) is 0. The lowest BCUT2D eigenvalue weighted by Gasteiger charge is -2.21. The fourth-order valence-corrected chi connectivity index (χ4v) is 2.63. The minimum Gasteiger partial charge on any atom is -0.379 e. The Balaban J connectivity index is 1.87. The first-order valence-corrected chi connectivity index (χ1v) is 9.08. The maximum absolute atomic E-state index is 11.6. The quantitative estimate of drug-likeness (QED) is 0.560. The highest BCUT2D eigenvalue weighted by molar-refractivity contribution is 5.80. The molecule has 0 aromatic carbocycles. The molecule has 1 rings (SSSR count). The topological polar surface area (TPSA) is 64.6 Å². The lowest BCUT2D eigenvalue weighted by Crippen LogP contribution is -2.27. The number of carbonyl (C=O) groups excluding carboxylic acids is 2. The number of nitrogens with one attached hydrogen (secondary N) is 1. The molecule has 0 aromatic rings. The third-order valence-electron chi connectivity index (χ3n) is 4.16. The van der Waals surface area contributed by atoms with E-state index in [-0.39, 0.29) is 17.6 Å². The minimum absolute atomic E-state index is 0.0408. The molecular formula is C18H33NO4. The molecule has 0 unspecified atom stereocenters. The van der Waals surface area contributed by atoms with E-state index in [1.165, 1.54) is 32.1 Å². The van der Waals surface area contributed by atoms with Gasteiger partial charge in [-0.2, -0.15) is 0 Å². The van der Waals surface area contributed by atoms with Crippen molar-refractivity contribution < 1.29 is 19.1 Å². The van der Waals surface area contributed by atoms with Crippen LogP contribution in [0.15, 0.2) is 0 Å². The molecule has 1 aliphatic carbocycles. The van der Waals surface area contributed by atoms with Gasteiger partial charge in [0.2, 0.25) is 5.91 Å². The summed E-state index contributed by atoms with van der Waals surface area (Å²) in [5, 5.41) is 2.83. The molecule has 5 heteroatoms. The summed E-state index contributed by atoms with van der Waals surface area (Å²) in [4.78, 5) is 23.0. The zero-order chi connectivity index (χ0) is 16.9. The maximum atomic E-state index is 11.6. The maximum Gasteiger partial charge on any atom is 0.220 e. The molecule has 0 bridgehead atoms. The number of hydrogen-bond donors (Lipinski definition) is 1. The van der Waals surface area contributed by atoms with Crippen molar-refractivity contribution >= 4 is 11.7 Å². The largest absolute Gasteiger partial charge is 0.379 e. The lowest BCUT2D eigenvalue weighted by atomic mass is 9.98. The van der Waals surface area contributed by atoms with Crippen molar-refractivity contribution in [1.82, 2.24) is 5.32 Å². The summed E-state index contributed by atoms with van der Waals surface area (Å²) in [5.74, 6) is 0.320. The molecule has 134 valence electrons. The van der Waals surface area contributed by atoms with E-state index in [0.29, 0.717) is 45.3 Å². The molecule has 0 atom stereocenters. The number of hydrogen-bond acceptors (Lipinski definition) is 4. The van der Waals surface area contributed by atoms with E-state index in [1.54, 1.807) is 0 Å². The van der Waals surface area contributed by atoms with E-state index >= 15 is 0 Å². The number of carbonyl (C=O) groups is 2. The van der Waals surface area contributed by atoms with Crippen LogP contribution in [-0.2, 0) is 19.1 Å². The molecule has 5 nitrogen and oxygen atoms in total. The fraction of sp³-hybridized carbons (Fsp3) is 0.889. The standard InChI is InChI=1S/C18H33NO4/c1-15(2)17(20)10-13-22-14-11-19-18(21)9-6-12-23-16-7-4-3-5-8-16/h15-16H,3-14H2,1-2H3,(H,19,21). The summed E-state index contributed by atoms with van der Waals surface area (Å²) < 4.78 is 11.1. The monoisotopic (exact) mass is 327 g/mol. The van der Waals surface area contributed by atoms with Crippen LogP contribution < -0.4 is 5.32 Å². The van der Waals surface area contributed by atoms with Gasteiger partial charge in [0.15, 0.2) is 0 Å². The van der Waals surface area contributed by atoms with Gasteiger partial charge in [-0.1, -0.05) is 33.1 Å². The van der Waals surface area contributed by atoms with Gasteiger partial charge in [0, 0.05) is 31.9 Å². The molecule has 1 amide bonds. The second-order valence-corrected chi connectivity index (χ2v) is 6.57. The second-order valence-electron chi connectivity index (χ2n) is 6.57. The van der Waals surface area contributed by atoms with Gasteiger partial charge in [-0.05, 0) is 19.3 Å². The summed E-state index contributed by atoms with van der Waals surface area (Å²) in [7, 11) is 0. The molecule has 23 heavy (non-hydrogen) atoms. The Morgan fingerprint density at radius 2 is 1.78 bits per heavy atom. The number of Topliss-reactive ketones (excluding diaryl/α,β-unsaturated/α-hetero) is 1. The highest BCUT2D eigenvalue weighted by Gasteiger charge is 2.13. The van der Waals surface area contributed by atoms with Crippen molar-refractivity contribution in [2.45, 2.75) is 71.3 Å². The van der Waals surface area contributed by atoms with Crippen molar-refractivity contribution in [3.05, 3.63) is 0 Å². The minimum atomic E-state index is 0.0408. The van der Waals surface area contributed by atoms with Gasteiger partial charge in [-0.25, -0.2) is 0 Å². The Kier molecular flexibility index (Phi) is 10.9. The van der Waals surface area contributed by atoms with E-state index < -0.39 is 0 Å². The van der Waals surface area contributed by atoms with Gasteiger partial charge in [-0.3, -0.25) is 9.59 Å². The smallest absolute Gasteiger partial charge is 0.220 e. The second kappa shape index (κ2) is 12.5. The first kappa shape index (κ1) is 20.1. The molecule has 0 saturated heterocycles. The highest BCUT2D eigenvalue weighted by atomic mass is 16.5. The van der Waals surface area contributed by atoms with Crippen LogP contribution in [0.25, 0.3) is 0 Å². The average molecular weight is 327 g/mol. The third kappa shape index (κ3) is 10.4. The predicted molar refractivity (Wildman–Crippen MR) is 90.3 cm³/mol. The SMILES string of the molecule is CC(C)C(=O)CCOCCNC(=O)CCCOC1CCCCC1. The number of amides is 1. The van der Waals surface area contributed by atoms with Crippen molar-refractivity contribution in [3.63, 3.8) is 0 Å². The Morgan fingerprint density at radius 3 is 2.48 bits per heavy atom. The molecule has 1 N–H and O–H groups in total. The van der Waals surface area contributed by atoms with Gasteiger partial charge < -0.3 is 14.8 Å². The van der Waals surface area contributed by atoms with Gasteiger partial charge >= 0.3 is 0 Å². The van der Waals surface area contributed by atoms with Crippen LogP contribution in [0, 0.1) is 5.92 Å². The molecule has 1 aliphatic rings. The van der Waals surface area contributed by atoms with Crippen molar-refractivity contribution in [2.75, 3.05) is 26.4 Å². The van der Waals surface area contributed by atoms with Crippen LogP contribution in [0.2, 0.25) is 0 Å². The van der Waals surface area contributed by atoms with Crippen molar-refractivity contribution in [2.24, 2.45) is 5.92 Å². The number of ether oxygens (including phenoxy) is 2. The Bertz CT molecular complexity index is 338. The fourth-order valence-electron chi connectivity index (χ4n) is 2.63. The number of ketones is 1. The molecule has 0 aromatic heterocycles. The van der Waals surface area contributed by atoms with E-state index in [4.69, 9.17) is 9.47 Å². The Labute approximate surface area is 140 Å². The van der Waals surface area contributed by atoms with E-state index in [2.05, 4.69) is 5.32 Å². The zero-order valence-electron chi connectivity index (χ0n) is 14.8. The average Bonchev–Trinajstić information content (AvgIpc) is 2.55. The van der Waals surface area contributed by atoms with Crippen LogP contribution in [0.3, 0.4) is 0 Å². The first-order chi connectivity index (χ1) is 11.1. The molecule has 0 aliphatic heterocycles. The van der Waals surface area contributed by atoms with Crippen LogP contribution in [0.1, 0.15) is 65.2 Å². The molecular weight excluding hydrogens is 294 g/mol. The molecule has 1 saturated carbocycles. The molecule has 0 spiro atoms. The first-order valence-electron chi connectivity index (χ1n) is 9.08. The summed E-state index contributed by atoms with van der Waals surface area (Å²) in [6.45, 7) is 5.84. The molecule has 0 radical (unpaired) electrons. The Hall–Kier alpha value is -0.940. The predicted octanol–water partition coefficient (Wildman–Crippen LogP) is 2.86. The molecule has 1 fully saturated rings. The van der Waals surface area contributed by atoms with Crippen LogP contribution in [-0.4, -0.2) is 44.2 Å². The van der Waals surface area contributed by atoms with Gasteiger partial charge in [-0.15, -0.1) is 0 Å².